The second-order valence-corrected chi connectivity index (χ2v) is 9.93. The van der Waals surface area contributed by atoms with Crippen molar-refractivity contribution in [2.75, 3.05) is 37.9 Å². The van der Waals surface area contributed by atoms with E-state index in [1.54, 1.807) is 11.8 Å². The number of fused-ring (bicyclic) bond motifs is 1. The molecule has 0 bridgehead atoms. The molecule has 1 saturated carbocycles. The molecular weight excluding hydrogens is 498 g/mol. The van der Waals surface area contributed by atoms with Crippen molar-refractivity contribution in [3.05, 3.63) is 35.5 Å². The summed E-state index contributed by atoms with van der Waals surface area (Å²) >= 11 is 0. The monoisotopic (exact) mass is 539 g/mol. The number of aromatic nitrogens is 4. The van der Waals surface area contributed by atoms with Crippen molar-refractivity contribution in [1.29, 1.82) is 0 Å². The van der Waals surface area contributed by atoms with Crippen molar-refractivity contribution < 1.29 is 14.3 Å². The van der Waals surface area contributed by atoms with E-state index in [9.17, 15) is 4.79 Å². The van der Waals surface area contributed by atoms with Gasteiger partial charge in [0.2, 0.25) is 11.9 Å². The number of nitrogens with zero attached hydrogens (tertiary/aromatic N) is 5. The van der Waals surface area contributed by atoms with Gasteiger partial charge in [0.25, 0.3) is 0 Å². The lowest BCUT2D eigenvalue weighted by Crippen LogP contribution is -2.44. The average Bonchev–Trinajstić information content (AvgIpc) is 3.28. The van der Waals surface area contributed by atoms with E-state index in [4.69, 9.17) is 31.8 Å². The first-order valence-electron chi connectivity index (χ1n) is 13.7. The lowest BCUT2D eigenvalue weighted by Gasteiger charge is -2.38. The number of nitrogens with two attached hydrogens (primary N) is 3. The minimum Gasteiger partial charge on any atom is -0.496 e. The van der Waals surface area contributed by atoms with Crippen LogP contribution >= 0.6 is 0 Å². The molecule has 1 unspecified atom stereocenters. The van der Waals surface area contributed by atoms with Crippen molar-refractivity contribution in [1.82, 2.24) is 24.6 Å². The number of ether oxygens (including phenoxy) is 2. The summed E-state index contributed by atoms with van der Waals surface area (Å²) < 4.78 is 13.0. The molecule has 2 aromatic heterocycles. The Balaban J connectivity index is 1.49. The molecule has 1 aromatic carbocycles. The first-order valence-corrected chi connectivity index (χ1v) is 13.7. The zero-order valence-corrected chi connectivity index (χ0v) is 22.9. The van der Waals surface area contributed by atoms with E-state index >= 15 is 0 Å². The second kappa shape index (κ2) is 13.5. The topological polar surface area (TPSA) is 172 Å². The van der Waals surface area contributed by atoms with Crippen LogP contribution in [0.5, 0.6) is 5.75 Å². The van der Waals surface area contributed by atoms with Crippen LogP contribution in [0.4, 0.5) is 11.8 Å². The molecule has 1 aliphatic rings. The third kappa shape index (κ3) is 7.34. The van der Waals surface area contributed by atoms with Gasteiger partial charge >= 0.3 is 0 Å². The van der Waals surface area contributed by atoms with Gasteiger partial charge in [0.1, 0.15) is 11.3 Å². The molecule has 12 nitrogen and oxygen atoms in total. The van der Waals surface area contributed by atoms with Crippen LogP contribution in [0.3, 0.4) is 0 Å². The molecule has 1 amide bonds. The van der Waals surface area contributed by atoms with Crippen molar-refractivity contribution in [2.45, 2.75) is 70.7 Å². The lowest BCUT2D eigenvalue weighted by atomic mass is 9.90. The largest absolute Gasteiger partial charge is 0.496 e. The van der Waals surface area contributed by atoms with Crippen LogP contribution in [-0.4, -0.2) is 69.6 Å². The predicted octanol–water partition coefficient (Wildman–Crippen LogP) is 2.21. The van der Waals surface area contributed by atoms with Gasteiger partial charge in [0, 0.05) is 24.7 Å². The maximum Gasteiger partial charge on any atom is 0.225 e. The van der Waals surface area contributed by atoms with E-state index < -0.39 is 0 Å². The van der Waals surface area contributed by atoms with Crippen molar-refractivity contribution in [3.63, 3.8) is 0 Å². The number of benzene rings is 1. The van der Waals surface area contributed by atoms with Crippen LogP contribution in [0, 0.1) is 0 Å². The fourth-order valence-corrected chi connectivity index (χ4v) is 4.71. The molecule has 2 heterocycles. The number of nitrogen functional groups attached to an aromatic ring is 1. The minimum atomic E-state index is -0.255. The Morgan fingerprint density at radius 1 is 1.28 bits per heavy atom. The van der Waals surface area contributed by atoms with Gasteiger partial charge in [-0.2, -0.15) is 10.1 Å². The van der Waals surface area contributed by atoms with E-state index in [0.29, 0.717) is 56.1 Å². The van der Waals surface area contributed by atoms with E-state index in [2.05, 4.69) is 22.2 Å². The summed E-state index contributed by atoms with van der Waals surface area (Å²) in [6.45, 7) is 4.37. The Morgan fingerprint density at radius 2 is 2.10 bits per heavy atom. The third-order valence-electron chi connectivity index (χ3n) is 6.94. The summed E-state index contributed by atoms with van der Waals surface area (Å²) in [5, 5.41) is 7.90. The molecule has 0 radical (unpaired) electrons. The molecular formula is C27H41N9O3. The van der Waals surface area contributed by atoms with Gasteiger partial charge in [-0.25, -0.2) is 4.98 Å². The zero-order chi connectivity index (χ0) is 27.8. The van der Waals surface area contributed by atoms with Gasteiger partial charge < -0.3 is 36.9 Å². The highest BCUT2D eigenvalue weighted by Gasteiger charge is 2.28. The quantitative estimate of drug-likeness (QED) is 0.166. The number of nitrogens with one attached hydrogen (secondary N) is 1. The Hall–Kier alpha value is -3.48. The molecule has 1 atom stereocenters. The SMILES string of the molecule is CCCC(N)Nc1nc(N)nc2cn(Cc3ccc(CN(C(=O)CCOCCN)C4CCC4)cc3OC)nc12. The number of amides is 1. The van der Waals surface area contributed by atoms with Gasteiger partial charge in [-0.3, -0.25) is 9.48 Å². The van der Waals surface area contributed by atoms with E-state index in [0.717, 1.165) is 49.0 Å². The van der Waals surface area contributed by atoms with Crippen molar-refractivity contribution in [2.24, 2.45) is 11.5 Å². The van der Waals surface area contributed by atoms with Gasteiger partial charge in [0.05, 0.1) is 45.7 Å². The molecule has 12 heteroatoms. The van der Waals surface area contributed by atoms with Crippen LogP contribution in [0.1, 0.15) is 56.6 Å². The second-order valence-electron chi connectivity index (χ2n) is 9.93. The average molecular weight is 540 g/mol. The van der Waals surface area contributed by atoms with Crippen molar-refractivity contribution in [3.8, 4) is 5.75 Å². The molecule has 1 fully saturated rings. The number of hydrogen-bond donors (Lipinski definition) is 4. The van der Waals surface area contributed by atoms with Gasteiger partial charge in [-0.15, -0.1) is 0 Å². The number of carbonyl (C=O) groups excluding carboxylic acids is 1. The van der Waals surface area contributed by atoms with Gasteiger partial charge in [-0.1, -0.05) is 25.5 Å². The molecule has 4 rings (SSSR count). The zero-order valence-electron chi connectivity index (χ0n) is 22.9. The predicted molar refractivity (Wildman–Crippen MR) is 151 cm³/mol. The van der Waals surface area contributed by atoms with Crippen molar-refractivity contribution >= 4 is 28.7 Å². The summed E-state index contributed by atoms with van der Waals surface area (Å²) in [7, 11) is 1.65. The third-order valence-corrected chi connectivity index (χ3v) is 6.94. The summed E-state index contributed by atoms with van der Waals surface area (Å²) in [4.78, 5) is 23.6. The Morgan fingerprint density at radius 3 is 2.79 bits per heavy atom. The van der Waals surface area contributed by atoms with E-state index in [-0.39, 0.29) is 24.1 Å². The normalized spacial score (nSPS) is 14.3. The van der Waals surface area contributed by atoms with Gasteiger partial charge in [0.15, 0.2) is 11.3 Å². The number of methoxy groups -OCH3 is 1. The number of anilines is 2. The molecule has 7 N–H and O–H groups in total. The highest BCUT2D eigenvalue weighted by atomic mass is 16.5. The highest BCUT2D eigenvalue weighted by molar-refractivity contribution is 5.86. The molecule has 3 aromatic rings. The van der Waals surface area contributed by atoms with E-state index in [1.807, 2.05) is 29.3 Å². The summed E-state index contributed by atoms with van der Waals surface area (Å²) in [5.41, 5.74) is 20.8. The molecule has 0 spiro atoms. The van der Waals surface area contributed by atoms with Crippen LogP contribution in [-0.2, 0) is 22.6 Å². The molecule has 0 saturated heterocycles. The number of hydrogen-bond acceptors (Lipinski definition) is 10. The minimum absolute atomic E-state index is 0.103. The Bertz CT molecular complexity index is 1240. The van der Waals surface area contributed by atoms with Crippen LogP contribution in [0.15, 0.2) is 24.4 Å². The molecule has 212 valence electrons. The molecule has 0 aliphatic heterocycles. The molecule has 39 heavy (non-hydrogen) atoms. The van der Waals surface area contributed by atoms with Gasteiger partial charge in [-0.05, 0) is 37.3 Å². The Kier molecular flexibility index (Phi) is 9.90. The Labute approximate surface area is 229 Å². The first-order chi connectivity index (χ1) is 18.9. The fourth-order valence-electron chi connectivity index (χ4n) is 4.71. The lowest BCUT2D eigenvalue weighted by molar-refractivity contribution is -0.137. The summed E-state index contributed by atoms with van der Waals surface area (Å²) in [6, 6.07) is 6.33. The van der Waals surface area contributed by atoms with Crippen LogP contribution in [0.25, 0.3) is 11.0 Å². The molecule has 1 aliphatic carbocycles. The standard InChI is InChI=1S/C27H41N9O3/c1-3-5-23(29)32-26-25-21(31-27(30)33-26)17-35(34-25)16-19-9-8-18(14-22(19)38-2)15-36(20-6-4-7-20)24(37)10-12-39-13-11-28/h8-9,14,17,20,23H,3-7,10-13,15-16,28-29H2,1-2H3,(H3,30,31,32,33). The number of carbonyl (C=O) groups is 1. The summed E-state index contributed by atoms with van der Waals surface area (Å²) in [5.74, 6) is 1.51. The van der Waals surface area contributed by atoms with E-state index in [1.165, 1.54) is 0 Å². The van der Waals surface area contributed by atoms with Crippen LogP contribution < -0.4 is 27.3 Å². The van der Waals surface area contributed by atoms with Crippen LogP contribution in [0.2, 0.25) is 0 Å². The maximum absolute atomic E-state index is 13.0. The number of rotatable bonds is 15. The first kappa shape index (κ1) is 28.5. The fraction of sp³-hybridized carbons (Fsp3) is 0.556. The summed E-state index contributed by atoms with van der Waals surface area (Å²) in [6.07, 6.45) is 6.88. The smallest absolute Gasteiger partial charge is 0.225 e. The maximum atomic E-state index is 13.0. The highest BCUT2D eigenvalue weighted by Crippen LogP contribution is 2.29.